The lowest BCUT2D eigenvalue weighted by Crippen LogP contribution is -2.28. The molecule has 2 atom stereocenters. The Morgan fingerprint density at radius 1 is 1.30 bits per heavy atom. The molecule has 1 aromatic rings. The molecule has 0 saturated heterocycles. The second-order valence-corrected chi connectivity index (χ2v) is 5.38. The Hall–Kier alpha value is -1.59. The maximum Gasteiger partial charge on any atom is 0.230 e. The van der Waals surface area contributed by atoms with Crippen molar-refractivity contribution in [3.05, 3.63) is 23.2 Å². The highest BCUT2D eigenvalue weighted by Gasteiger charge is 2.31. The summed E-state index contributed by atoms with van der Waals surface area (Å²) in [5, 5.41) is 15.5. The maximum absolute atomic E-state index is 12.1. The number of carbonyl (C=O) groups is 2. The molecule has 1 aliphatic carbocycles. The molecular weight excluding hydrogens is 280 g/mol. The van der Waals surface area contributed by atoms with Crippen molar-refractivity contribution in [3.63, 3.8) is 0 Å². The molecule has 6 heteroatoms. The summed E-state index contributed by atoms with van der Waals surface area (Å²) in [7, 11) is 0. The number of benzene rings is 1. The van der Waals surface area contributed by atoms with E-state index >= 15 is 0 Å². The highest BCUT2D eigenvalue weighted by Crippen LogP contribution is 2.30. The molecule has 1 saturated carbocycles. The lowest BCUT2D eigenvalue weighted by molar-refractivity contribution is -0.122. The topological polar surface area (TPSA) is 78.4 Å². The molecule has 108 valence electrons. The Balaban J connectivity index is 2.11. The van der Waals surface area contributed by atoms with Gasteiger partial charge in [0.25, 0.3) is 0 Å². The van der Waals surface area contributed by atoms with Crippen LogP contribution in [0.25, 0.3) is 0 Å². The summed E-state index contributed by atoms with van der Waals surface area (Å²) in [5.41, 5.74) is 0.992. The molecular formula is C14H17ClN2O3. The first-order valence-electron chi connectivity index (χ1n) is 6.53. The second-order valence-electron chi connectivity index (χ2n) is 4.97. The lowest BCUT2D eigenvalue weighted by Gasteiger charge is -2.15. The number of hydrogen-bond donors (Lipinski definition) is 3. The van der Waals surface area contributed by atoms with Crippen LogP contribution in [0.3, 0.4) is 0 Å². The van der Waals surface area contributed by atoms with Crippen LogP contribution in [-0.4, -0.2) is 23.0 Å². The van der Waals surface area contributed by atoms with Crippen LogP contribution in [0.1, 0.15) is 26.2 Å². The first-order valence-corrected chi connectivity index (χ1v) is 6.91. The fourth-order valence-electron chi connectivity index (χ4n) is 2.37. The number of hydrogen-bond acceptors (Lipinski definition) is 3. The van der Waals surface area contributed by atoms with Gasteiger partial charge in [0.2, 0.25) is 11.8 Å². The van der Waals surface area contributed by atoms with Crippen LogP contribution < -0.4 is 10.6 Å². The number of anilines is 2. The van der Waals surface area contributed by atoms with Gasteiger partial charge in [0.1, 0.15) is 0 Å². The lowest BCUT2D eigenvalue weighted by atomic mass is 10.1. The zero-order valence-electron chi connectivity index (χ0n) is 11.1. The van der Waals surface area contributed by atoms with Gasteiger partial charge in [0.15, 0.2) is 0 Å². The minimum absolute atomic E-state index is 0.198. The quantitative estimate of drug-likeness (QED) is 0.801. The van der Waals surface area contributed by atoms with Gasteiger partial charge in [-0.3, -0.25) is 9.59 Å². The van der Waals surface area contributed by atoms with E-state index in [1.807, 2.05) is 0 Å². The van der Waals surface area contributed by atoms with E-state index in [1.54, 1.807) is 18.2 Å². The van der Waals surface area contributed by atoms with Gasteiger partial charge in [0.05, 0.1) is 22.7 Å². The van der Waals surface area contributed by atoms with Gasteiger partial charge in [-0.2, -0.15) is 0 Å². The minimum atomic E-state index is -0.590. The number of amides is 2. The number of halogens is 1. The molecule has 0 radical (unpaired) electrons. The van der Waals surface area contributed by atoms with E-state index in [4.69, 9.17) is 11.6 Å². The Morgan fingerprint density at radius 2 is 2.05 bits per heavy atom. The Kier molecular flexibility index (Phi) is 4.62. The van der Waals surface area contributed by atoms with E-state index in [9.17, 15) is 14.7 Å². The van der Waals surface area contributed by atoms with E-state index in [0.717, 1.165) is 6.42 Å². The molecule has 1 fully saturated rings. The number of aliphatic hydroxyl groups is 1. The molecule has 1 aliphatic rings. The summed E-state index contributed by atoms with van der Waals surface area (Å²) in [4.78, 5) is 23.1. The SMILES string of the molecule is CC(=O)Nc1ccc(Cl)c(NC(=O)C2CCCC2O)c1. The van der Waals surface area contributed by atoms with Gasteiger partial charge in [-0.05, 0) is 37.5 Å². The van der Waals surface area contributed by atoms with Crippen molar-refractivity contribution in [1.29, 1.82) is 0 Å². The van der Waals surface area contributed by atoms with Crippen molar-refractivity contribution in [2.45, 2.75) is 32.3 Å². The molecule has 0 aliphatic heterocycles. The normalized spacial score (nSPS) is 21.6. The molecule has 0 aromatic heterocycles. The van der Waals surface area contributed by atoms with Crippen LogP contribution in [0.15, 0.2) is 18.2 Å². The number of aliphatic hydroxyl groups excluding tert-OH is 1. The van der Waals surface area contributed by atoms with Crippen LogP contribution in [0.2, 0.25) is 5.02 Å². The summed E-state index contributed by atoms with van der Waals surface area (Å²) in [6.07, 6.45) is 1.58. The van der Waals surface area contributed by atoms with Gasteiger partial charge in [0, 0.05) is 12.6 Å². The van der Waals surface area contributed by atoms with Gasteiger partial charge >= 0.3 is 0 Å². The largest absolute Gasteiger partial charge is 0.392 e. The van der Waals surface area contributed by atoms with Gasteiger partial charge < -0.3 is 15.7 Å². The average molecular weight is 297 g/mol. The first kappa shape index (κ1) is 14.8. The summed E-state index contributed by atoms with van der Waals surface area (Å²) in [6.45, 7) is 1.40. The third kappa shape index (κ3) is 3.49. The summed E-state index contributed by atoms with van der Waals surface area (Å²) in [5.74, 6) is -0.830. The highest BCUT2D eigenvalue weighted by atomic mass is 35.5. The molecule has 0 heterocycles. The second kappa shape index (κ2) is 6.24. The van der Waals surface area contributed by atoms with Crippen LogP contribution in [-0.2, 0) is 9.59 Å². The fraction of sp³-hybridized carbons (Fsp3) is 0.429. The van der Waals surface area contributed by atoms with E-state index in [-0.39, 0.29) is 11.8 Å². The van der Waals surface area contributed by atoms with Gasteiger partial charge in [-0.15, -0.1) is 0 Å². The Bertz CT molecular complexity index is 533. The van der Waals surface area contributed by atoms with Crippen LogP contribution in [0.5, 0.6) is 0 Å². The predicted molar refractivity (Wildman–Crippen MR) is 77.7 cm³/mol. The number of nitrogens with one attached hydrogen (secondary N) is 2. The molecule has 5 nitrogen and oxygen atoms in total. The maximum atomic E-state index is 12.1. The monoisotopic (exact) mass is 296 g/mol. The predicted octanol–water partition coefficient (Wildman–Crippen LogP) is 2.40. The van der Waals surface area contributed by atoms with E-state index < -0.39 is 12.0 Å². The van der Waals surface area contributed by atoms with Crippen molar-refractivity contribution in [3.8, 4) is 0 Å². The molecule has 3 N–H and O–H groups in total. The number of carbonyl (C=O) groups excluding carboxylic acids is 2. The smallest absolute Gasteiger partial charge is 0.230 e. The first-order chi connectivity index (χ1) is 9.47. The zero-order chi connectivity index (χ0) is 14.7. The van der Waals surface area contributed by atoms with Crippen molar-refractivity contribution in [2.24, 2.45) is 5.92 Å². The molecule has 2 unspecified atom stereocenters. The summed E-state index contributed by atoms with van der Waals surface area (Å²) < 4.78 is 0. The summed E-state index contributed by atoms with van der Waals surface area (Å²) in [6, 6.07) is 4.86. The standard InChI is InChI=1S/C14H17ClN2O3/c1-8(18)16-9-5-6-11(15)12(7-9)17-14(20)10-3-2-4-13(10)19/h5-7,10,13,19H,2-4H2,1H3,(H,16,18)(H,17,20). The van der Waals surface area contributed by atoms with Crippen molar-refractivity contribution >= 4 is 34.8 Å². The molecule has 1 aromatic carbocycles. The molecule has 2 rings (SSSR count). The summed E-state index contributed by atoms with van der Waals surface area (Å²) >= 11 is 6.03. The molecule has 20 heavy (non-hydrogen) atoms. The zero-order valence-corrected chi connectivity index (χ0v) is 11.9. The van der Waals surface area contributed by atoms with Gasteiger partial charge in [-0.1, -0.05) is 11.6 Å². The third-order valence-corrected chi connectivity index (χ3v) is 3.69. The van der Waals surface area contributed by atoms with Gasteiger partial charge in [-0.25, -0.2) is 0 Å². The van der Waals surface area contributed by atoms with Crippen LogP contribution >= 0.6 is 11.6 Å². The average Bonchev–Trinajstić information content (AvgIpc) is 2.79. The Morgan fingerprint density at radius 3 is 2.65 bits per heavy atom. The van der Waals surface area contributed by atoms with E-state index in [1.165, 1.54) is 6.92 Å². The fourth-order valence-corrected chi connectivity index (χ4v) is 2.54. The molecule has 0 bridgehead atoms. The van der Waals surface area contributed by atoms with E-state index in [2.05, 4.69) is 10.6 Å². The van der Waals surface area contributed by atoms with Crippen molar-refractivity contribution in [2.75, 3.05) is 10.6 Å². The van der Waals surface area contributed by atoms with Crippen molar-refractivity contribution in [1.82, 2.24) is 0 Å². The van der Waals surface area contributed by atoms with Crippen LogP contribution in [0, 0.1) is 5.92 Å². The molecule has 2 amide bonds. The number of rotatable bonds is 3. The minimum Gasteiger partial charge on any atom is -0.392 e. The van der Waals surface area contributed by atoms with Crippen LogP contribution in [0.4, 0.5) is 11.4 Å². The van der Waals surface area contributed by atoms with E-state index in [0.29, 0.717) is 29.2 Å². The Labute approximate surface area is 122 Å². The highest BCUT2D eigenvalue weighted by molar-refractivity contribution is 6.33. The van der Waals surface area contributed by atoms with Crippen molar-refractivity contribution < 1.29 is 14.7 Å². The molecule has 0 spiro atoms. The third-order valence-electron chi connectivity index (χ3n) is 3.36.